The molecular formula is C22H23N3O4. The fraction of sp³-hybridized carbons (Fsp3) is 0.318. The van der Waals surface area contributed by atoms with Crippen LogP contribution in [0.25, 0.3) is 11.0 Å². The number of nitrogens with one attached hydrogen (secondary N) is 1. The maximum absolute atomic E-state index is 12.9. The maximum Gasteiger partial charge on any atom is 0.261 e. The van der Waals surface area contributed by atoms with Gasteiger partial charge in [0.1, 0.15) is 5.82 Å². The zero-order valence-electron chi connectivity index (χ0n) is 16.5. The van der Waals surface area contributed by atoms with E-state index in [-0.39, 0.29) is 24.3 Å². The molecule has 1 aliphatic rings. The number of rotatable bonds is 6. The topological polar surface area (TPSA) is 84.5 Å². The standard InChI is InChI=1S/C22H23N3O4/c1-14(26)15-9-10-19(20(12-15)28-2)29-13-21(27)25-11-5-8-18(25)22-23-16-6-3-4-7-17(16)24-22/h3-4,6-7,9-10,12,18H,5,8,11,13H2,1-2H3,(H,23,24). The van der Waals surface area contributed by atoms with Gasteiger partial charge in [-0.1, -0.05) is 12.1 Å². The van der Waals surface area contributed by atoms with Crippen molar-refractivity contribution in [3.63, 3.8) is 0 Å². The van der Waals surface area contributed by atoms with E-state index in [1.807, 2.05) is 29.2 Å². The molecule has 0 bridgehead atoms. The van der Waals surface area contributed by atoms with Crippen LogP contribution in [0.4, 0.5) is 0 Å². The summed E-state index contributed by atoms with van der Waals surface area (Å²) in [5.74, 6) is 1.51. The molecule has 0 radical (unpaired) electrons. The molecule has 1 aromatic heterocycles. The molecular weight excluding hydrogens is 370 g/mol. The molecule has 1 N–H and O–H groups in total. The molecule has 1 aliphatic heterocycles. The molecule has 1 atom stereocenters. The molecule has 0 aliphatic carbocycles. The minimum absolute atomic E-state index is 0.0586. The van der Waals surface area contributed by atoms with Crippen molar-refractivity contribution in [1.29, 1.82) is 0 Å². The number of likely N-dealkylation sites (tertiary alicyclic amines) is 1. The van der Waals surface area contributed by atoms with Gasteiger partial charge in [-0.05, 0) is 50.1 Å². The summed E-state index contributed by atoms with van der Waals surface area (Å²) >= 11 is 0. The fourth-order valence-electron chi connectivity index (χ4n) is 3.71. The highest BCUT2D eigenvalue weighted by Gasteiger charge is 2.32. The zero-order chi connectivity index (χ0) is 20.4. The van der Waals surface area contributed by atoms with Crippen LogP contribution >= 0.6 is 0 Å². The number of para-hydroxylation sites is 2. The minimum atomic E-state index is -0.106. The highest BCUT2D eigenvalue weighted by molar-refractivity contribution is 5.94. The van der Waals surface area contributed by atoms with Crippen molar-refractivity contribution >= 4 is 22.7 Å². The van der Waals surface area contributed by atoms with Crippen molar-refractivity contribution in [2.24, 2.45) is 0 Å². The van der Waals surface area contributed by atoms with Crippen LogP contribution in [-0.4, -0.2) is 46.8 Å². The fourth-order valence-corrected chi connectivity index (χ4v) is 3.71. The van der Waals surface area contributed by atoms with Gasteiger partial charge in [0.15, 0.2) is 23.9 Å². The first-order valence-electron chi connectivity index (χ1n) is 9.62. The summed E-state index contributed by atoms with van der Waals surface area (Å²) in [6, 6.07) is 12.7. The Kier molecular flexibility index (Phi) is 5.20. The van der Waals surface area contributed by atoms with Crippen LogP contribution in [0.1, 0.15) is 42.0 Å². The Morgan fingerprint density at radius 2 is 2.03 bits per heavy atom. The second-order valence-electron chi connectivity index (χ2n) is 7.09. The number of nitrogens with zero attached hydrogens (tertiary/aromatic N) is 2. The van der Waals surface area contributed by atoms with Gasteiger partial charge in [-0.25, -0.2) is 4.98 Å². The molecule has 7 heteroatoms. The predicted molar refractivity (Wildman–Crippen MR) is 108 cm³/mol. The van der Waals surface area contributed by atoms with Crippen LogP contribution in [0.2, 0.25) is 0 Å². The molecule has 150 valence electrons. The van der Waals surface area contributed by atoms with Crippen molar-refractivity contribution in [3.05, 3.63) is 53.9 Å². The Morgan fingerprint density at radius 3 is 2.79 bits per heavy atom. The molecule has 4 rings (SSSR count). The van der Waals surface area contributed by atoms with E-state index in [0.717, 1.165) is 29.7 Å². The van der Waals surface area contributed by atoms with Gasteiger partial charge < -0.3 is 19.4 Å². The quantitative estimate of drug-likeness (QED) is 0.648. The molecule has 0 spiro atoms. The molecule has 3 aromatic rings. The number of carbonyl (C=O) groups excluding carboxylic acids is 2. The first-order chi connectivity index (χ1) is 14.1. The predicted octanol–water partition coefficient (Wildman–Crippen LogP) is 3.52. The van der Waals surface area contributed by atoms with E-state index in [1.54, 1.807) is 18.2 Å². The van der Waals surface area contributed by atoms with E-state index >= 15 is 0 Å². The number of fused-ring (bicyclic) bond motifs is 1. The Bertz CT molecular complexity index is 1030. The number of hydrogen-bond donors (Lipinski definition) is 1. The van der Waals surface area contributed by atoms with Crippen molar-refractivity contribution < 1.29 is 19.1 Å². The number of methoxy groups -OCH3 is 1. The Morgan fingerprint density at radius 1 is 1.21 bits per heavy atom. The SMILES string of the molecule is COc1cc(C(C)=O)ccc1OCC(=O)N1CCCC1c1nc2ccccc2[nH]1. The number of hydrogen-bond acceptors (Lipinski definition) is 5. The van der Waals surface area contributed by atoms with Crippen LogP contribution < -0.4 is 9.47 Å². The van der Waals surface area contributed by atoms with Crippen molar-refractivity contribution in [3.8, 4) is 11.5 Å². The average molecular weight is 393 g/mol. The first-order valence-corrected chi connectivity index (χ1v) is 9.62. The monoisotopic (exact) mass is 393 g/mol. The number of ketones is 1. The molecule has 1 amide bonds. The lowest BCUT2D eigenvalue weighted by molar-refractivity contribution is -0.134. The zero-order valence-corrected chi connectivity index (χ0v) is 16.5. The molecule has 2 heterocycles. The smallest absolute Gasteiger partial charge is 0.261 e. The lowest BCUT2D eigenvalue weighted by Gasteiger charge is -2.23. The lowest BCUT2D eigenvalue weighted by atomic mass is 10.1. The molecule has 1 fully saturated rings. The molecule has 29 heavy (non-hydrogen) atoms. The van der Waals surface area contributed by atoms with Crippen LogP contribution in [-0.2, 0) is 4.79 Å². The summed E-state index contributed by atoms with van der Waals surface area (Å²) in [4.78, 5) is 34.2. The van der Waals surface area contributed by atoms with Gasteiger partial charge in [0.2, 0.25) is 0 Å². The van der Waals surface area contributed by atoms with Crippen molar-refractivity contribution in [1.82, 2.24) is 14.9 Å². The van der Waals surface area contributed by atoms with E-state index in [1.165, 1.54) is 14.0 Å². The van der Waals surface area contributed by atoms with Crippen molar-refractivity contribution in [2.45, 2.75) is 25.8 Å². The van der Waals surface area contributed by atoms with Crippen LogP contribution in [0, 0.1) is 0 Å². The number of Topliss-reactive ketones (excluding diaryl/α,β-unsaturated/α-hetero) is 1. The van der Waals surface area contributed by atoms with Gasteiger partial charge in [0.05, 0.1) is 24.2 Å². The minimum Gasteiger partial charge on any atom is -0.493 e. The van der Waals surface area contributed by atoms with E-state index in [4.69, 9.17) is 9.47 Å². The molecule has 1 unspecified atom stereocenters. The number of benzene rings is 2. The number of ether oxygens (including phenoxy) is 2. The number of amides is 1. The van der Waals surface area contributed by atoms with Gasteiger partial charge in [0.25, 0.3) is 5.91 Å². The Hall–Kier alpha value is -3.35. The van der Waals surface area contributed by atoms with Crippen molar-refractivity contribution in [2.75, 3.05) is 20.3 Å². The van der Waals surface area contributed by atoms with Gasteiger partial charge in [-0.2, -0.15) is 0 Å². The van der Waals surface area contributed by atoms with E-state index in [9.17, 15) is 9.59 Å². The second kappa shape index (κ2) is 7.95. The molecule has 2 aromatic carbocycles. The summed E-state index contributed by atoms with van der Waals surface area (Å²) in [6.45, 7) is 2.06. The summed E-state index contributed by atoms with van der Waals surface area (Å²) in [5.41, 5.74) is 2.40. The first kappa shape index (κ1) is 19.0. The number of aromatic amines is 1. The third-order valence-corrected chi connectivity index (χ3v) is 5.22. The largest absolute Gasteiger partial charge is 0.493 e. The maximum atomic E-state index is 12.9. The van der Waals surface area contributed by atoms with Gasteiger partial charge in [0, 0.05) is 12.1 Å². The van der Waals surface area contributed by atoms with Crippen LogP contribution in [0.15, 0.2) is 42.5 Å². The highest BCUT2D eigenvalue weighted by Crippen LogP contribution is 2.32. The third-order valence-electron chi connectivity index (χ3n) is 5.22. The van der Waals surface area contributed by atoms with Gasteiger partial charge in [-0.3, -0.25) is 9.59 Å². The summed E-state index contributed by atoms with van der Waals surface area (Å²) in [6.07, 6.45) is 1.78. The Balaban J connectivity index is 1.47. The molecule has 0 saturated carbocycles. The molecule has 1 saturated heterocycles. The molecule has 7 nitrogen and oxygen atoms in total. The van der Waals surface area contributed by atoms with Gasteiger partial charge >= 0.3 is 0 Å². The lowest BCUT2D eigenvalue weighted by Crippen LogP contribution is -2.34. The van der Waals surface area contributed by atoms with E-state index < -0.39 is 0 Å². The summed E-state index contributed by atoms with van der Waals surface area (Å²) < 4.78 is 11.0. The van der Waals surface area contributed by atoms with Crippen LogP contribution in [0.3, 0.4) is 0 Å². The second-order valence-corrected chi connectivity index (χ2v) is 7.09. The number of aromatic nitrogens is 2. The summed E-state index contributed by atoms with van der Waals surface area (Å²) in [7, 11) is 1.51. The number of imidazole rings is 1. The highest BCUT2D eigenvalue weighted by atomic mass is 16.5. The van der Waals surface area contributed by atoms with E-state index in [0.29, 0.717) is 23.6 Å². The van der Waals surface area contributed by atoms with Crippen LogP contribution in [0.5, 0.6) is 11.5 Å². The normalized spacial score (nSPS) is 16.2. The third kappa shape index (κ3) is 3.81. The Labute approximate surface area is 168 Å². The van der Waals surface area contributed by atoms with E-state index in [2.05, 4.69) is 9.97 Å². The van der Waals surface area contributed by atoms with Gasteiger partial charge in [-0.15, -0.1) is 0 Å². The number of carbonyl (C=O) groups is 2. The average Bonchev–Trinajstić information content (AvgIpc) is 3.38. The summed E-state index contributed by atoms with van der Waals surface area (Å²) in [5, 5.41) is 0. The number of H-pyrrole nitrogens is 1.